The van der Waals surface area contributed by atoms with Gasteiger partial charge in [0.15, 0.2) is 0 Å². The molecule has 1 heterocycles. The molecule has 5 heteroatoms. The van der Waals surface area contributed by atoms with E-state index in [-0.39, 0.29) is 12.4 Å². The van der Waals surface area contributed by atoms with Crippen molar-refractivity contribution in [1.82, 2.24) is 9.55 Å². The van der Waals surface area contributed by atoms with E-state index in [0.29, 0.717) is 5.69 Å². The Hall–Kier alpha value is -1.23. The predicted octanol–water partition coefficient (Wildman–Crippen LogP) is 0.873. The molecule has 0 aromatic carbocycles. The molecule has 0 radical (unpaired) electrons. The minimum atomic E-state index is -0.204. The average molecular weight is 169 g/mol. The molecule has 0 bridgehead atoms. The average Bonchev–Trinajstić information content (AvgIpc) is 2.41. The van der Waals surface area contributed by atoms with Crippen LogP contribution in [0.25, 0.3) is 0 Å². The monoisotopic (exact) mass is 169 g/mol. The molecule has 0 aliphatic heterocycles. The molecule has 0 fully saturated rings. The predicted molar refractivity (Wildman–Crippen MR) is 44.0 cm³/mol. The van der Waals surface area contributed by atoms with Crippen LogP contribution >= 0.6 is 0 Å². The molecule has 0 aliphatic rings. The van der Waals surface area contributed by atoms with E-state index in [4.69, 9.17) is 5.11 Å². The molecule has 0 unspecified atom stereocenters. The van der Waals surface area contributed by atoms with Crippen LogP contribution in [0.5, 0.6) is 0 Å². The number of aromatic nitrogens is 2. The van der Waals surface area contributed by atoms with Crippen molar-refractivity contribution in [2.45, 2.75) is 20.0 Å². The van der Waals surface area contributed by atoms with E-state index >= 15 is 0 Å². The van der Waals surface area contributed by atoms with Crippen LogP contribution in [-0.4, -0.2) is 14.7 Å². The molecule has 1 aromatic heterocycles. The molecule has 5 nitrogen and oxygen atoms in total. The number of hydrogen-bond acceptors (Lipinski definition) is 4. The Bertz CT molecular complexity index is 293. The third-order valence-electron chi connectivity index (χ3n) is 1.84. The first-order valence-corrected chi connectivity index (χ1v) is 3.73. The van der Waals surface area contributed by atoms with Crippen LogP contribution in [0, 0.1) is 4.91 Å². The Morgan fingerprint density at radius 1 is 1.67 bits per heavy atom. The van der Waals surface area contributed by atoms with Crippen molar-refractivity contribution in [3.8, 4) is 0 Å². The van der Waals surface area contributed by atoms with Crippen LogP contribution in [0.15, 0.2) is 5.18 Å². The van der Waals surface area contributed by atoms with Crippen molar-refractivity contribution in [1.29, 1.82) is 0 Å². The standard InChI is InChI=1S/C7H11N3O2/c1-3-6-8-7(9-12)5(4-11)10(6)2/h11H,3-4H2,1-2H3. The Balaban J connectivity index is 3.22. The van der Waals surface area contributed by atoms with Gasteiger partial charge in [-0.3, -0.25) is 0 Å². The third kappa shape index (κ3) is 1.23. The van der Waals surface area contributed by atoms with Crippen molar-refractivity contribution < 1.29 is 5.11 Å². The minimum Gasteiger partial charge on any atom is -0.390 e. The van der Waals surface area contributed by atoms with Gasteiger partial charge in [0, 0.05) is 13.5 Å². The summed E-state index contributed by atoms with van der Waals surface area (Å²) in [4.78, 5) is 14.2. The second-order valence-corrected chi connectivity index (χ2v) is 2.46. The number of nitrogens with zero attached hydrogens (tertiary/aromatic N) is 3. The highest BCUT2D eigenvalue weighted by Gasteiger charge is 2.12. The Labute approximate surface area is 70.0 Å². The van der Waals surface area contributed by atoms with E-state index in [2.05, 4.69) is 10.2 Å². The van der Waals surface area contributed by atoms with Gasteiger partial charge in [-0.25, -0.2) is 4.98 Å². The zero-order valence-corrected chi connectivity index (χ0v) is 7.11. The van der Waals surface area contributed by atoms with Crippen molar-refractivity contribution in [2.75, 3.05) is 0 Å². The first kappa shape index (κ1) is 8.86. The fourth-order valence-corrected chi connectivity index (χ4v) is 1.13. The molecular weight excluding hydrogens is 158 g/mol. The smallest absolute Gasteiger partial charge is 0.220 e. The Morgan fingerprint density at radius 2 is 2.33 bits per heavy atom. The second kappa shape index (κ2) is 3.44. The molecular formula is C7H11N3O2. The van der Waals surface area contributed by atoms with Crippen LogP contribution in [0.2, 0.25) is 0 Å². The van der Waals surface area contributed by atoms with E-state index in [0.717, 1.165) is 12.2 Å². The highest BCUT2D eigenvalue weighted by molar-refractivity contribution is 5.35. The van der Waals surface area contributed by atoms with Gasteiger partial charge in [0.1, 0.15) is 5.82 Å². The van der Waals surface area contributed by atoms with Gasteiger partial charge in [-0.15, -0.1) is 4.91 Å². The van der Waals surface area contributed by atoms with Crippen molar-refractivity contribution in [3.63, 3.8) is 0 Å². The van der Waals surface area contributed by atoms with Gasteiger partial charge in [-0.1, -0.05) is 6.92 Å². The Kier molecular flexibility index (Phi) is 2.54. The summed E-state index contributed by atoms with van der Waals surface area (Å²) in [5.41, 5.74) is 0.474. The number of aryl methyl sites for hydroxylation is 1. The second-order valence-electron chi connectivity index (χ2n) is 2.46. The maximum Gasteiger partial charge on any atom is 0.220 e. The minimum absolute atomic E-state index is 0.0943. The summed E-state index contributed by atoms with van der Waals surface area (Å²) in [5.74, 6) is 0.852. The molecule has 66 valence electrons. The molecule has 0 atom stereocenters. The quantitative estimate of drug-likeness (QED) is 0.683. The van der Waals surface area contributed by atoms with Crippen molar-refractivity contribution >= 4 is 5.82 Å². The van der Waals surface area contributed by atoms with Gasteiger partial charge < -0.3 is 9.67 Å². The highest BCUT2D eigenvalue weighted by Crippen LogP contribution is 2.18. The normalized spacial score (nSPS) is 10.2. The van der Waals surface area contributed by atoms with Gasteiger partial charge in [0.25, 0.3) is 0 Å². The van der Waals surface area contributed by atoms with Crippen LogP contribution in [0.1, 0.15) is 18.4 Å². The highest BCUT2D eigenvalue weighted by atomic mass is 16.3. The SMILES string of the molecule is CCc1nc(N=O)c(CO)n1C. The van der Waals surface area contributed by atoms with E-state index in [1.807, 2.05) is 6.92 Å². The zero-order chi connectivity index (χ0) is 9.14. The summed E-state index contributed by atoms with van der Waals surface area (Å²) in [6, 6.07) is 0. The number of aliphatic hydroxyl groups excluding tert-OH is 1. The molecule has 0 amide bonds. The number of rotatable bonds is 3. The summed E-state index contributed by atoms with van der Waals surface area (Å²) in [6.45, 7) is 1.72. The zero-order valence-electron chi connectivity index (χ0n) is 7.11. The van der Waals surface area contributed by atoms with Gasteiger partial charge in [-0.2, -0.15) is 0 Å². The summed E-state index contributed by atoms with van der Waals surface area (Å²) in [7, 11) is 1.76. The third-order valence-corrected chi connectivity index (χ3v) is 1.84. The molecule has 12 heavy (non-hydrogen) atoms. The number of hydrogen-bond donors (Lipinski definition) is 1. The maximum absolute atomic E-state index is 10.2. The molecule has 0 saturated carbocycles. The fraction of sp³-hybridized carbons (Fsp3) is 0.571. The van der Waals surface area contributed by atoms with Crippen molar-refractivity contribution in [2.24, 2.45) is 12.2 Å². The molecule has 0 saturated heterocycles. The maximum atomic E-state index is 10.2. The van der Waals surface area contributed by atoms with Crippen LogP contribution < -0.4 is 0 Å². The summed E-state index contributed by atoms with van der Waals surface area (Å²) < 4.78 is 1.69. The molecule has 1 aromatic rings. The molecule has 0 spiro atoms. The Morgan fingerprint density at radius 3 is 2.67 bits per heavy atom. The summed E-state index contributed by atoms with van der Waals surface area (Å²) >= 11 is 0. The number of aliphatic hydroxyl groups is 1. The largest absolute Gasteiger partial charge is 0.390 e. The van der Waals surface area contributed by atoms with Crippen LogP contribution in [0.4, 0.5) is 5.82 Å². The van der Waals surface area contributed by atoms with E-state index < -0.39 is 0 Å². The number of imidazole rings is 1. The lowest BCUT2D eigenvalue weighted by Crippen LogP contribution is -2.00. The first-order chi connectivity index (χ1) is 5.74. The number of nitroso groups, excluding NO2 is 1. The lowest BCUT2D eigenvalue weighted by atomic mass is 10.4. The van der Waals surface area contributed by atoms with Crippen LogP contribution in [0.3, 0.4) is 0 Å². The van der Waals surface area contributed by atoms with Crippen molar-refractivity contribution in [3.05, 3.63) is 16.4 Å². The van der Waals surface area contributed by atoms with Gasteiger partial charge in [-0.05, 0) is 5.18 Å². The molecule has 0 aliphatic carbocycles. The van der Waals surface area contributed by atoms with E-state index in [1.54, 1.807) is 11.6 Å². The lowest BCUT2D eigenvalue weighted by molar-refractivity contribution is 0.273. The summed E-state index contributed by atoms with van der Waals surface area (Å²) in [5, 5.41) is 11.6. The molecule has 1 rings (SSSR count). The molecule has 1 N–H and O–H groups in total. The van der Waals surface area contributed by atoms with Crippen LogP contribution in [-0.2, 0) is 20.1 Å². The summed E-state index contributed by atoms with van der Waals surface area (Å²) in [6.07, 6.45) is 0.721. The van der Waals surface area contributed by atoms with Gasteiger partial charge in [0.05, 0.1) is 12.3 Å². The van der Waals surface area contributed by atoms with E-state index in [1.165, 1.54) is 0 Å². The van der Waals surface area contributed by atoms with E-state index in [9.17, 15) is 4.91 Å². The lowest BCUT2D eigenvalue weighted by Gasteiger charge is -1.99. The van der Waals surface area contributed by atoms with Gasteiger partial charge >= 0.3 is 0 Å². The van der Waals surface area contributed by atoms with Gasteiger partial charge in [0.2, 0.25) is 5.82 Å². The topological polar surface area (TPSA) is 67.5 Å². The fourth-order valence-electron chi connectivity index (χ4n) is 1.13. The first-order valence-electron chi connectivity index (χ1n) is 3.73.